The molecule has 0 N–H and O–H groups in total. The Morgan fingerprint density at radius 3 is 3.00 bits per heavy atom. The first kappa shape index (κ1) is 9.12. The van der Waals surface area contributed by atoms with Crippen LogP contribution in [-0.4, -0.2) is 45.3 Å². The Kier molecular flexibility index (Phi) is 2.12. The van der Waals surface area contributed by atoms with Crippen LogP contribution in [0.5, 0.6) is 0 Å². The molecule has 0 fully saturated rings. The maximum absolute atomic E-state index is 9.02. The molecule has 5 heterocycles. The summed E-state index contributed by atoms with van der Waals surface area (Å²) < 4.78 is 102. The molecule has 0 radical (unpaired) electrons. The van der Waals surface area contributed by atoms with Crippen LogP contribution in [0, 0.1) is 6.92 Å². The average Bonchev–Trinajstić information content (AvgIpc) is 3.61. The van der Waals surface area contributed by atoms with Gasteiger partial charge in [0.25, 0.3) is 0 Å². The number of rotatable bonds is 4. The van der Waals surface area contributed by atoms with Crippen molar-refractivity contribution in [3.8, 4) is 22.5 Å². The number of nitrogens with zero attached hydrogens (tertiary/aromatic N) is 9. The third-order valence-corrected chi connectivity index (χ3v) is 5.19. The van der Waals surface area contributed by atoms with Crippen LogP contribution < -0.4 is 4.90 Å². The quantitative estimate of drug-likeness (QED) is 0.501. The van der Waals surface area contributed by atoms with Crippen molar-refractivity contribution in [2.24, 2.45) is 0 Å². The summed E-state index contributed by atoms with van der Waals surface area (Å²) in [5.41, 5.74) is -0.0788. The van der Waals surface area contributed by atoms with Gasteiger partial charge in [-0.05, 0) is 27.0 Å². The third-order valence-electron chi connectivity index (χ3n) is 4.42. The Morgan fingerprint density at radius 1 is 1.28 bits per heavy atom. The van der Waals surface area contributed by atoms with Crippen molar-refractivity contribution >= 4 is 17.2 Å². The minimum Gasteiger partial charge on any atom is -0.342 e. The summed E-state index contributed by atoms with van der Waals surface area (Å²) in [5.74, 6) is -0.680. The molecule has 10 heteroatoms. The molecule has 0 aliphatic carbocycles. The zero-order valence-corrected chi connectivity index (χ0v) is 15.7. The standard InChI is InChI=1S/C19H21N9S/c1-5-13-16-25-24-12(4)28(16)14-10-22-19(23-15(14)27(13)11(2)3)26-8-6-20-17(26)18-21-7-9-29-18/h6-11,13H,5H2,1-4H3/i1D3,2D3,3D3,5D2,11D. The van der Waals surface area contributed by atoms with Crippen molar-refractivity contribution in [3.63, 3.8) is 0 Å². The summed E-state index contributed by atoms with van der Waals surface area (Å²) in [6.45, 7) is -9.23. The van der Waals surface area contributed by atoms with E-state index in [4.69, 9.17) is 16.4 Å². The van der Waals surface area contributed by atoms with Crippen LogP contribution in [0.1, 0.15) is 61.1 Å². The first-order valence-electron chi connectivity index (χ1n) is 14.3. The number of thiazole rings is 1. The van der Waals surface area contributed by atoms with E-state index in [0.29, 0.717) is 15.7 Å². The molecule has 0 saturated carbocycles. The molecule has 5 rings (SSSR count). The molecule has 9 nitrogen and oxygen atoms in total. The second-order valence-electron chi connectivity index (χ2n) is 6.04. The van der Waals surface area contributed by atoms with Crippen LogP contribution in [0.25, 0.3) is 22.5 Å². The number of aromatic nitrogens is 8. The van der Waals surface area contributed by atoms with E-state index in [1.807, 2.05) is 0 Å². The molecule has 148 valence electrons. The van der Waals surface area contributed by atoms with Gasteiger partial charge in [-0.1, -0.05) is 6.85 Å². The van der Waals surface area contributed by atoms with Gasteiger partial charge in [0.05, 0.1) is 13.6 Å². The number of hydrogen-bond acceptors (Lipinski definition) is 8. The van der Waals surface area contributed by atoms with Gasteiger partial charge in [0, 0.05) is 45.1 Å². The molecule has 1 unspecified atom stereocenters. The molecule has 0 saturated heterocycles. The van der Waals surface area contributed by atoms with Gasteiger partial charge in [-0.2, -0.15) is 4.98 Å². The van der Waals surface area contributed by atoms with Gasteiger partial charge in [-0.3, -0.25) is 9.13 Å². The highest BCUT2D eigenvalue weighted by Crippen LogP contribution is 2.40. The van der Waals surface area contributed by atoms with E-state index in [2.05, 4.69) is 30.1 Å². The zero-order chi connectivity index (χ0) is 30.3. The highest BCUT2D eigenvalue weighted by Gasteiger charge is 2.36. The number of imidazole rings is 1. The topological polar surface area (TPSA) is 90.4 Å². The molecule has 4 aromatic rings. The van der Waals surface area contributed by atoms with Crippen molar-refractivity contribution in [2.45, 2.75) is 45.9 Å². The summed E-state index contributed by atoms with van der Waals surface area (Å²) in [5, 5.41) is 10.0. The normalized spacial score (nSPS) is 23.9. The van der Waals surface area contributed by atoms with Crippen molar-refractivity contribution < 1.29 is 16.4 Å². The van der Waals surface area contributed by atoms with Crippen LogP contribution in [-0.2, 0) is 0 Å². The second kappa shape index (κ2) is 6.73. The van der Waals surface area contributed by atoms with E-state index in [-0.39, 0.29) is 17.5 Å². The van der Waals surface area contributed by atoms with Crippen LogP contribution in [0.15, 0.2) is 30.2 Å². The first-order valence-corrected chi connectivity index (χ1v) is 9.22. The molecule has 0 spiro atoms. The van der Waals surface area contributed by atoms with E-state index >= 15 is 0 Å². The van der Waals surface area contributed by atoms with E-state index in [0.717, 1.165) is 0 Å². The fourth-order valence-corrected chi connectivity index (χ4v) is 3.85. The van der Waals surface area contributed by atoms with Crippen molar-refractivity contribution in [3.05, 3.63) is 41.8 Å². The Labute approximate surface area is 189 Å². The summed E-state index contributed by atoms with van der Waals surface area (Å²) in [4.78, 5) is 17.6. The van der Waals surface area contributed by atoms with Crippen molar-refractivity contribution in [2.75, 3.05) is 4.90 Å². The van der Waals surface area contributed by atoms with Crippen molar-refractivity contribution in [1.82, 2.24) is 39.3 Å². The molecule has 0 aromatic carbocycles. The summed E-state index contributed by atoms with van der Waals surface area (Å²) in [6.07, 6.45) is 2.30. The van der Waals surface area contributed by atoms with E-state index in [1.54, 1.807) is 11.6 Å². The van der Waals surface area contributed by atoms with Gasteiger partial charge in [0.15, 0.2) is 22.5 Å². The van der Waals surface area contributed by atoms with Crippen LogP contribution >= 0.6 is 11.3 Å². The first-order chi connectivity index (χ1) is 18.8. The molecular weight excluding hydrogens is 386 g/mol. The largest absolute Gasteiger partial charge is 0.342 e. The highest BCUT2D eigenvalue weighted by molar-refractivity contribution is 7.13. The average molecular weight is 420 g/mol. The lowest BCUT2D eigenvalue weighted by molar-refractivity contribution is 0.496. The lowest BCUT2D eigenvalue weighted by Gasteiger charge is -2.39. The third kappa shape index (κ3) is 2.66. The smallest absolute Gasteiger partial charge is 0.237 e. The summed E-state index contributed by atoms with van der Waals surface area (Å²) in [6, 6.07) is -5.87. The van der Waals surface area contributed by atoms with E-state index in [1.165, 1.54) is 46.0 Å². The van der Waals surface area contributed by atoms with Crippen LogP contribution in [0.3, 0.4) is 0 Å². The molecule has 1 atom stereocenters. The van der Waals surface area contributed by atoms with Gasteiger partial charge in [-0.15, -0.1) is 21.5 Å². The Hall–Kier alpha value is -3.14. The van der Waals surface area contributed by atoms with Crippen LogP contribution in [0.2, 0.25) is 0 Å². The molecule has 0 amide bonds. The molecule has 0 bridgehead atoms. The monoisotopic (exact) mass is 419 g/mol. The molecule has 4 aromatic heterocycles. The Morgan fingerprint density at radius 2 is 2.21 bits per heavy atom. The summed E-state index contributed by atoms with van der Waals surface area (Å²) in [7, 11) is 0. The number of hydrogen-bond donors (Lipinski definition) is 0. The molecule has 1 aliphatic heterocycles. The molecule has 1 aliphatic rings. The fourth-order valence-electron chi connectivity index (χ4n) is 3.22. The SMILES string of the molecule is [2H]C([2H])([2H])C([2H])([2H])C1c2nnc(C)n2-c2cnc(-n3ccnc3-c3nccs3)nc2N1C([2H])(C([2H])([2H])[2H])C([2H])([2H])[2H]. The number of fused-ring (bicyclic) bond motifs is 3. The molecule has 29 heavy (non-hydrogen) atoms. The van der Waals surface area contributed by atoms with Gasteiger partial charge in [-0.25, -0.2) is 15.0 Å². The summed E-state index contributed by atoms with van der Waals surface area (Å²) >= 11 is 1.26. The Balaban J connectivity index is 1.89. The van der Waals surface area contributed by atoms with Crippen LogP contribution in [0.4, 0.5) is 5.82 Å². The predicted molar refractivity (Wildman–Crippen MR) is 111 cm³/mol. The number of anilines is 1. The fraction of sp³-hybridized carbons (Fsp3) is 0.368. The van der Waals surface area contributed by atoms with E-state index in [9.17, 15) is 0 Å². The predicted octanol–water partition coefficient (Wildman–Crippen LogP) is 3.35. The minimum atomic E-state index is -3.64. The van der Waals surface area contributed by atoms with Crippen molar-refractivity contribution in [1.29, 1.82) is 0 Å². The molecular formula is C19H21N9S. The van der Waals surface area contributed by atoms with E-state index < -0.39 is 50.6 Å². The maximum atomic E-state index is 9.02. The minimum absolute atomic E-state index is 0.0788. The van der Waals surface area contributed by atoms with Gasteiger partial charge >= 0.3 is 0 Å². The highest BCUT2D eigenvalue weighted by atomic mass is 32.1. The Bertz CT molecular complexity index is 1570. The van der Waals surface area contributed by atoms with Gasteiger partial charge < -0.3 is 4.90 Å². The number of aryl methyl sites for hydroxylation is 1. The second-order valence-corrected chi connectivity index (χ2v) is 6.94. The maximum Gasteiger partial charge on any atom is 0.237 e. The lowest BCUT2D eigenvalue weighted by atomic mass is 10.1. The lowest BCUT2D eigenvalue weighted by Crippen LogP contribution is -2.40. The van der Waals surface area contributed by atoms with Gasteiger partial charge in [0.1, 0.15) is 11.5 Å². The van der Waals surface area contributed by atoms with Gasteiger partial charge in [0.2, 0.25) is 5.95 Å². The zero-order valence-electron chi connectivity index (χ0n) is 26.9.